The molecule has 0 amide bonds. The van der Waals surface area contributed by atoms with Crippen molar-refractivity contribution >= 4 is 0 Å². The Morgan fingerprint density at radius 2 is 0.824 bits per heavy atom. The van der Waals surface area contributed by atoms with Gasteiger partial charge in [-0.3, -0.25) is 0 Å². The first-order valence-electron chi connectivity index (χ1n) is 17.1. The van der Waals surface area contributed by atoms with E-state index in [1.54, 1.807) is 12.5 Å². The van der Waals surface area contributed by atoms with E-state index < -0.39 is 29.5 Å². The first-order valence-corrected chi connectivity index (χ1v) is 17.1. The molecule has 3 atom stereocenters. The summed E-state index contributed by atoms with van der Waals surface area (Å²) in [6.45, 7) is -0.278. The van der Waals surface area contributed by atoms with Crippen LogP contribution in [-0.4, -0.2) is 43.7 Å². The van der Waals surface area contributed by atoms with Crippen LogP contribution in [0.3, 0.4) is 0 Å². The van der Waals surface area contributed by atoms with Gasteiger partial charge in [0, 0.05) is 6.20 Å². The van der Waals surface area contributed by atoms with Crippen molar-refractivity contribution in [3.05, 3.63) is 234 Å². The highest BCUT2D eigenvalue weighted by molar-refractivity contribution is 5.51. The molecule has 254 valence electrons. The van der Waals surface area contributed by atoms with Crippen molar-refractivity contribution in [1.29, 1.82) is 0 Å². The quantitative estimate of drug-likeness (QED) is 0.111. The van der Waals surface area contributed by atoms with Crippen molar-refractivity contribution in [2.24, 2.45) is 0 Å². The smallest absolute Gasteiger partial charge is 0.143 e. The third-order valence-corrected chi connectivity index (χ3v) is 9.60. The van der Waals surface area contributed by atoms with Gasteiger partial charge in [0.1, 0.15) is 29.5 Å². The molecule has 0 unspecified atom stereocenters. The van der Waals surface area contributed by atoms with Gasteiger partial charge in [-0.15, -0.1) is 0 Å². The highest BCUT2D eigenvalue weighted by atomic mass is 16.5. The van der Waals surface area contributed by atoms with E-state index in [0.717, 1.165) is 33.4 Å². The summed E-state index contributed by atoms with van der Waals surface area (Å²) in [6.07, 6.45) is -1.15. The number of nitrogens with zero attached hydrogens (tertiary/aromatic N) is 2. The lowest BCUT2D eigenvalue weighted by Gasteiger charge is -2.37. The Bertz CT molecular complexity index is 1900. The van der Waals surface area contributed by atoms with Crippen LogP contribution in [0.15, 0.2) is 195 Å². The van der Waals surface area contributed by atoms with Crippen molar-refractivity contribution in [3.8, 4) is 0 Å². The van der Waals surface area contributed by atoms with E-state index in [-0.39, 0.29) is 12.3 Å². The Balaban J connectivity index is 1.23. The van der Waals surface area contributed by atoms with Crippen LogP contribution in [0.4, 0.5) is 0 Å². The number of imidazole rings is 1. The molecule has 0 aliphatic heterocycles. The average molecular weight is 673 g/mol. The molecule has 1 aromatic heterocycles. The highest BCUT2D eigenvalue weighted by Crippen LogP contribution is 2.42. The zero-order valence-electron chi connectivity index (χ0n) is 28.1. The standard InChI is InChI=1S/C45H40N2O4/c48-41(32-51-45(37-25-13-4-14-26-37,38-27-15-5-16-28-38)39-29-17-6-18-30-39)43(50)42(49)40-31-47(33-46-40)44(34-19-7-1-8-20-34,35-21-9-2-10-22-35)36-23-11-3-12-24-36/h1-31,33,41-43,48-50H,32H2/t41-,42-,43+/m1/s1. The van der Waals surface area contributed by atoms with E-state index >= 15 is 0 Å². The van der Waals surface area contributed by atoms with Gasteiger partial charge in [0.15, 0.2) is 0 Å². The van der Waals surface area contributed by atoms with Crippen LogP contribution in [0.25, 0.3) is 0 Å². The monoisotopic (exact) mass is 672 g/mol. The molecular weight excluding hydrogens is 633 g/mol. The molecule has 0 saturated heterocycles. The molecule has 51 heavy (non-hydrogen) atoms. The lowest BCUT2D eigenvalue weighted by molar-refractivity contribution is -0.112. The molecule has 0 fully saturated rings. The minimum atomic E-state index is -1.60. The number of hydrogen-bond acceptors (Lipinski definition) is 5. The predicted octanol–water partition coefficient (Wildman–Crippen LogP) is 7.49. The molecule has 3 N–H and O–H groups in total. The molecule has 0 aliphatic carbocycles. The van der Waals surface area contributed by atoms with E-state index in [1.807, 2.05) is 150 Å². The van der Waals surface area contributed by atoms with E-state index in [1.165, 1.54) is 0 Å². The third kappa shape index (κ3) is 6.42. The summed E-state index contributed by atoms with van der Waals surface area (Å²) in [5.74, 6) is 0. The second-order valence-corrected chi connectivity index (χ2v) is 12.6. The fourth-order valence-corrected chi connectivity index (χ4v) is 7.12. The fourth-order valence-electron chi connectivity index (χ4n) is 7.12. The summed E-state index contributed by atoms with van der Waals surface area (Å²) < 4.78 is 8.71. The van der Waals surface area contributed by atoms with Gasteiger partial charge in [-0.05, 0) is 33.4 Å². The molecule has 0 spiro atoms. The molecule has 0 aliphatic rings. The molecule has 6 aromatic carbocycles. The van der Waals surface area contributed by atoms with Gasteiger partial charge < -0.3 is 24.6 Å². The number of aliphatic hydroxyl groups is 3. The maximum Gasteiger partial charge on any atom is 0.143 e. The molecule has 7 rings (SSSR count). The second kappa shape index (κ2) is 15.1. The lowest BCUT2D eigenvalue weighted by atomic mass is 9.77. The topological polar surface area (TPSA) is 87.7 Å². The van der Waals surface area contributed by atoms with Crippen molar-refractivity contribution in [2.45, 2.75) is 29.5 Å². The molecule has 0 saturated carbocycles. The van der Waals surface area contributed by atoms with Gasteiger partial charge in [0.25, 0.3) is 0 Å². The Morgan fingerprint density at radius 3 is 1.18 bits per heavy atom. The molecule has 6 heteroatoms. The first-order chi connectivity index (χ1) is 25.0. The van der Waals surface area contributed by atoms with Crippen LogP contribution < -0.4 is 0 Å². The number of benzene rings is 6. The maximum atomic E-state index is 11.6. The second-order valence-electron chi connectivity index (χ2n) is 12.6. The summed E-state index contributed by atoms with van der Waals surface area (Å²) in [4.78, 5) is 4.61. The third-order valence-electron chi connectivity index (χ3n) is 9.60. The molecule has 7 aromatic rings. The Labute approximate surface area is 298 Å². The Morgan fingerprint density at radius 1 is 0.490 bits per heavy atom. The van der Waals surface area contributed by atoms with E-state index in [9.17, 15) is 15.3 Å². The first kappa shape index (κ1) is 33.8. The van der Waals surface area contributed by atoms with E-state index in [0.29, 0.717) is 0 Å². The van der Waals surface area contributed by atoms with Crippen LogP contribution >= 0.6 is 0 Å². The van der Waals surface area contributed by atoms with Crippen LogP contribution in [-0.2, 0) is 15.9 Å². The predicted molar refractivity (Wildman–Crippen MR) is 199 cm³/mol. The zero-order valence-corrected chi connectivity index (χ0v) is 28.1. The number of rotatable bonds is 13. The number of hydrogen-bond donors (Lipinski definition) is 3. The average Bonchev–Trinajstić information content (AvgIpc) is 3.71. The number of aromatic nitrogens is 2. The Hall–Kier alpha value is -5.63. The molecule has 0 radical (unpaired) electrons. The van der Waals surface area contributed by atoms with Crippen LogP contribution in [0.2, 0.25) is 0 Å². The number of ether oxygens (including phenoxy) is 1. The summed E-state index contributed by atoms with van der Waals surface area (Å²) in [7, 11) is 0. The summed E-state index contributed by atoms with van der Waals surface area (Å²) in [5, 5.41) is 34.6. The van der Waals surface area contributed by atoms with Gasteiger partial charge in [0.2, 0.25) is 0 Å². The fraction of sp³-hybridized carbons (Fsp3) is 0.133. The highest BCUT2D eigenvalue weighted by Gasteiger charge is 2.41. The maximum absolute atomic E-state index is 11.6. The normalized spacial score (nSPS) is 13.7. The van der Waals surface area contributed by atoms with Gasteiger partial charge >= 0.3 is 0 Å². The largest absolute Gasteiger partial charge is 0.388 e. The minimum Gasteiger partial charge on any atom is -0.388 e. The molecule has 0 bridgehead atoms. The minimum absolute atomic E-state index is 0.217. The van der Waals surface area contributed by atoms with E-state index in [4.69, 9.17) is 4.74 Å². The van der Waals surface area contributed by atoms with Gasteiger partial charge in [0.05, 0.1) is 18.6 Å². The summed E-state index contributed by atoms with van der Waals surface area (Å²) in [5.41, 5.74) is 3.85. The summed E-state index contributed by atoms with van der Waals surface area (Å²) in [6, 6.07) is 59.9. The van der Waals surface area contributed by atoms with Crippen molar-refractivity contribution in [1.82, 2.24) is 9.55 Å². The van der Waals surface area contributed by atoms with Crippen molar-refractivity contribution in [2.75, 3.05) is 6.61 Å². The number of aliphatic hydroxyl groups excluding tert-OH is 3. The van der Waals surface area contributed by atoms with Crippen LogP contribution in [0.5, 0.6) is 0 Å². The van der Waals surface area contributed by atoms with E-state index in [2.05, 4.69) is 41.4 Å². The zero-order chi connectivity index (χ0) is 35.1. The molecule has 6 nitrogen and oxygen atoms in total. The lowest BCUT2D eigenvalue weighted by Crippen LogP contribution is -2.41. The van der Waals surface area contributed by atoms with Gasteiger partial charge in [-0.1, -0.05) is 182 Å². The van der Waals surface area contributed by atoms with Crippen LogP contribution in [0, 0.1) is 0 Å². The van der Waals surface area contributed by atoms with Crippen molar-refractivity contribution < 1.29 is 20.1 Å². The van der Waals surface area contributed by atoms with Crippen LogP contribution in [0.1, 0.15) is 45.2 Å². The molecular formula is C45H40N2O4. The van der Waals surface area contributed by atoms with Gasteiger partial charge in [-0.2, -0.15) is 0 Å². The summed E-state index contributed by atoms with van der Waals surface area (Å²) >= 11 is 0. The van der Waals surface area contributed by atoms with Gasteiger partial charge in [-0.25, -0.2) is 4.98 Å². The molecule has 1 heterocycles. The Kier molecular flexibility index (Phi) is 10.0. The SMILES string of the molecule is O[C@@H]([C@H](O)COC(c1ccccc1)(c1ccccc1)c1ccccc1)[C@H](O)c1cn(C(c2ccccc2)(c2ccccc2)c2ccccc2)cn1. The van der Waals surface area contributed by atoms with Crippen molar-refractivity contribution in [3.63, 3.8) is 0 Å².